The van der Waals surface area contributed by atoms with Gasteiger partial charge in [-0.1, -0.05) is 6.92 Å². The summed E-state index contributed by atoms with van der Waals surface area (Å²) < 4.78 is 39.1. The Labute approximate surface area is 210 Å². The van der Waals surface area contributed by atoms with E-state index in [1.165, 1.54) is 6.07 Å². The highest BCUT2D eigenvalue weighted by atomic mass is 19.1. The molecular weight excluding hydrogens is 468 g/mol. The van der Waals surface area contributed by atoms with Crippen molar-refractivity contribution >= 4 is 12.0 Å². The normalized spacial score (nSPS) is 21.6. The summed E-state index contributed by atoms with van der Waals surface area (Å²) in [6, 6.07) is 3.09. The second-order valence-electron chi connectivity index (χ2n) is 10.1. The Morgan fingerprint density at radius 1 is 1.14 bits per heavy atom. The van der Waals surface area contributed by atoms with Crippen LogP contribution in [-0.2, 0) is 4.74 Å². The van der Waals surface area contributed by atoms with Crippen molar-refractivity contribution in [3.05, 3.63) is 47.8 Å². The maximum absolute atomic E-state index is 14.3. The van der Waals surface area contributed by atoms with E-state index in [-0.39, 0.29) is 29.7 Å². The molecule has 2 aliphatic rings. The lowest BCUT2D eigenvalue weighted by atomic mass is 9.86. The number of benzene rings is 1. The second kappa shape index (κ2) is 11.4. The molecule has 0 bridgehead atoms. The van der Waals surface area contributed by atoms with E-state index in [0.29, 0.717) is 56.3 Å². The first-order valence-corrected chi connectivity index (χ1v) is 12.6. The standard InChI is InChI=1S/C26H35F2N5O3/c1-16(2)36-26(34)32-8-6-18(7-9-32)17(3)15-35-20-11-30-25(31-12-20)33-13-22(24(29)14-33)21-10-19(27)4-5-23(21)28/h4-5,10-12,16-18,22,24H,6-9,13-15,29H2,1-3H3/t17?,22-,24-/m1/s1. The van der Waals surface area contributed by atoms with Crippen LogP contribution in [0.1, 0.15) is 45.1 Å². The number of hydrogen-bond acceptors (Lipinski definition) is 7. The van der Waals surface area contributed by atoms with Crippen molar-refractivity contribution in [3.63, 3.8) is 0 Å². The van der Waals surface area contributed by atoms with Gasteiger partial charge in [-0.25, -0.2) is 23.5 Å². The van der Waals surface area contributed by atoms with Crippen LogP contribution in [0.2, 0.25) is 0 Å². The van der Waals surface area contributed by atoms with E-state index in [4.69, 9.17) is 15.2 Å². The SMILES string of the molecule is CC(C)OC(=O)N1CCC(C(C)COc2cnc(N3C[C@@H](N)[C@@H](c4cc(F)ccc4F)C3)nc2)CC1. The summed E-state index contributed by atoms with van der Waals surface area (Å²) in [5, 5.41) is 0. The van der Waals surface area contributed by atoms with Crippen LogP contribution >= 0.6 is 0 Å². The largest absolute Gasteiger partial charge is 0.490 e. The van der Waals surface area contributed by atoms with Gasteiger partial charge in [-0.3, -0.25) is 0 Å². The number of nitrogens with zero attached hydrogens (tertiary/aromatic N) is 4. The molecule has 8 nitrogen and oxygen atoms in total. The number of halogens is 2. The summed E-state index contributed by atoms with van der Waals surface area (Å²) in [6.45, 7) is 8.62. The highest BCUT2D eigenvalue weighted by Crippen LogP contribution is 2.31. The number of hydrogen-bond donors (Lipinski definition) is 1. The van der Waals surface area contributed by atoms with E-state index >= 15 is 0 Å². The number of piperidine rings is 1. The number of nitrogens with two attached hydrogens (primary N) is 1. The summed E-state index contributed by atoms with van der Waals surface area (Å²) in [5.74, 6) is 0.526. The molecule has 1 aromatic carbocycles. The van der Waals surface area contributed by atoms with Crippen molar-refractivity contribution in [2.45, 2.75) is 51.7 Å². The molecule has 2 aliphatic heterocycles. The van der Waals surface area contributed by atoms with Crippen LogP contribution in [0.5, 0.6) is 5.75 Å². The molecule has 0 spiro atoms. The molecule has 2 fully saturated rings. The molecule has 2 N–H and O–H groups in total. The molecule has 1 amide bonds. The van der Waals surface area contributed by atoms with Crippen LogP contribution in [0, 0.1) is 23.5 Å². The van der Waals surface area contributed by atoms with Gasteiger partial charge < -0.3 is 25.0 Å². The van der Waals surface area contributed by atoms with Gasteiger partial charge in [0.1, 0.15) is 11.6 Å². The Balaban J connectivity index is 1.26. The summed E-state index contributed by atoms with van der Waals surface area (Å²) >= 11 is 0. The van der Waals surface area contributed by atoms with Gasteiger partial charge in [0.05, 0.1) is 25.1 Å². The van der Waals surface area contributed by atoms with E-state index in [2.05, 4.69) is 16.9 Å². The zero-order valence-electron chi connectivity index (χ0n) is 21.1. The van der Waals surface area contributed by atoms with Crippen LogP contribution < -0.4 is 15.4 Å². The highest BCUT2D eigenvalue weighted by Gasteiger charge is 2.34. The zero-order valence-corrected chi connectivity index (χ0v) is 21.1. The third kappa shape index (κ3) is 6.21. The number of aromatic nitrogens is 2. The Bertz CT molecular complexity index is 1030. The van der Waals surface area contributed by atoms with Crippen molar-refractivity contribution in [3.8, 4) is 5.75 Å². The average Bonchev–Trinajstić information content (AvgIpc) is 3.25. The Hall–Kier alpha value is -3.01. The minimum atomic E-state index is -0.483. The molecule has 196 valence electrons. The average molecular weight is 504 g/mol. The topological polar surface area (TPSA) is 93.8 Å². The van der Waals surface area contributed by atoms with Gasteiger partial charge in [-0.2, -0.15) is 0 Å². The van der Waals surface area contributed by atoms with Crippen molar-refractivity contribution < 1.29 is 23.0 Å². The molecule has 36 heavy (non-hydrogen) atoms. The number of rotatable bonds is 7. The minimum Gasteiger partial charge on any atom is -0.490 e. The van der Waals surface area contributed by atoms with Crippen LogP contribution in [0.25, 0.3) is 0 Å². The molecule has 1 aromatic heterocycles. The molecule has 2 saturated heterocycles. The molecule has 3 heterocycles. The summed E-state index contributed by atoms with van der Waals surface area (Å²) in [5.41, 5.74) is 6.53. The van der Waals surface area contributed by atoms with Gasteiger partial charge in [-0.15, -0.1) is 0 Å². The second-order valence-corrected chi connectivity index (χ2v) is 10.1. The fraction of sp³-hybridized carbons (Fsp3) is 0.577. The Morgan fingerprint density at radius 2 is 1.83 bits per heavy atom. The van der Waals surface area contributed by atoms with Gasteiger partial charge in [0.2, 0.25) is 5.95 Å². The number of carbonyl (C=O) groups is 1. The summed E-state index contributed by atoms with van der Waals surface area (Å²) in [7, 11) is 0. The van der Waals surface area contributed by atoms with Crippen LogP contribution in [0.3, 0.4) is 0 Å². The summed E-state index contributed by atoms with van der Waals surface area (Å²) in [4.78, 5) is 24.6. The van der Waals surface area contributed by atoms with E-state index in [9.17, 15) is 13.6 Å². The zero-order chi connectivity index (χ0) is 25.8. The lowest BCUT2D eigenvalue weighted by Gasteiger charge is -2.34. The van der Waals surface area contributed by atoms with Crippen LogP contribution in [0.4, 0.5) is 19.5 Å². The number of likely N-dealkylation sites (tertiary alicyclic amines) is 1. The molecule has 4 rings (SSSR count). The monoisotopic (exact) mass is 503 g/mol. The Kier molecular flexibility index (Phi) is 8.23. The maximum atomic E-state index is 14.3. The van der Waals surface area contributed by atoms with E-state index < -0.39 is 11.6 Å². The predicted octanol–water partition coefficient (Wildman–Crippen LogP) is 3.96. The van der Waals surface area contributed by atoms with E-state index in [1.54, 1.807) is 17.3 Å². The smallest absolute Gasteiger partial charge is 0.410 e. The minimum absolute atomic E-state index is 0.115. The molecule has 2 aromatic rings. The summed E-state index contributed by atoms with van der Waals surface area (Å²) in [6.07, 6.45) is 4.72. The fourth-order valence-electron chi connectivity index (χ4n) is 4.96. The van der Waals surface area contributed by atoms with Gasteiger partial charge >= 0.3 is 6.09 Å². The lowest BCUT2D eigenvalue weighted by molar-refractivity contribution is 0.0577. The molecule has 3 atom stereocenters. The molecule has 0 radical (unpaired) electrons. The molecule has 0 saturated carbocycles. The molecular formula is C26H35F2N5O3. The molecule has 0 aliphatic carbocycles. The number of amides is 1. The quantitative estimate of drug-likeness (QED) is 0.611. The van der Waals surface area contributed by atoms with E-state index in [1.807, 2.05) is 18.7 Å². The third-order valence-corrected chi connectivity index (χ3v) is 7.07. The van der Waals surface area contributed by atoms with Gasteiger partial charge in [0.15, 0.2) is 5.75 Å². The van der Waals surface area contributed by atoms with Crippen molar-refractivity contribution in [2.24, 2.45) is 17.6 Å². The first kappa shape index (κ1) is 26.1. The van der Waals surface area contributed by atoms with Crippen molar-refractivity contribution in [1.82, 2.24) is 14.9 Å². The van der Waals surface area contributed by atoms with Gasteiger partial charge in [-0.05, 0) is 62.3 Å². The molecule has 1 unspecified atom stereocenters. The third-order valence-electron chi connectivity index (χ3n) is 7.07. The van der Waals surface area contributed by atoms with Crippen LogP contribution in [-0.4, -0.2) is 65.9 Å². The molecule has 10 heteroatoms. The predicted molar refractivity (Wildman–Crippen MR) is 132 cm³/mol. The van der Waals surface area contributed by atoms with Crippen molar-refractivity contribution in [1.29, 1.82) is 0 Å². The van der Waals surface area contributed by atoms with Gasteiger partial charge in [0.25, 0.3) is 0 Å². The Morgan fingerprint density at radius 3 is 2.50 bits per heavy atom. The fourth-order valence-corrected chi connectivity index (χ4v) is 4.96. The highest BCUT2D eigenvalue weighted by molar-refractivity contribution is 5.67. The number of carbonyl (C=O) groups excluding carboxylic acids is 1. The number of anilines is 1. The van der Waals surface area contributed by atoms with E-state index in [0.717, 1.165) is 25.0 Å². The number of ether oxygens (including phenoxy) is 2. The lowest BCUT2D eigenvalue weighted by Crippen LogP contribution is -2.41. The first-order valence-electron chi connectivity index (χ1n) is 12.6. The van der Waals surface area contributed by atoms with Crippen molar-refractivity contribution in [2.75, 3.05) is 37.7 Å². The van der Waals surface area contributed by atoms with Crippen LogP contribution in [0.15, 0.2) is 30.6 Å². The van der Waals surface area contributed by atoms with Gasteiger partial charge in [0, 0.05) is 38.1 Å². The first-order chi connectivity index (χ1) is 17.2. The maximum Gasteiger partial charge on any atom is 0.410 e.